The van der Waals surface area contributed by atoms with E-state index in [1.807, 2.05) is 0 Å². The number of aromatic nitrogens is 4. The molecule has 3 rings (SSSR count). The number of hydrogen-bond donors (Lipinski definition) is 2. The number of nitro groups is 1. The Morgan fingerprint density at radius 3 is 3.05 bits per heavy atom. The highest BCUT2D eigenvalue weighted by Crippen LogP contribution is 2.25. The molecule has 0 aliphatic rings. The Kier molecular flexibility index (Phi) is 3.56. The van der Waals surface area contributed by atoms with Crippen LogP contribution in [0.4, 0.5) is 11.6 Å². The molecule has 0 aliphatic carbocycles. The lowest BCUT2D eigenvalue weighted by Gasteiger charge is -1.96. The number of nitro benzene ring substituents is 1. The van der Waals surface area contributed by atoms with Crippen molar-refractivity contribution < 1.29 is 9.34 Å². The summed E-state index contributed by atoms with van der Waals surface area (Å²) in [6.07, 6.45) is 1.43. The summed E-state index contributed by atoms with van der Waals surface area (Å²) in [4.78, 5) is 10.3. The number of nitrogens with zero attached hydrogens (tertiary/aromatic N) is 5. The van der Waals surface area contributed by atoms with Crippen LogP contribution >= 0.6 is 0 Å². The second-order valence-corrected chi connectivity index (χ2v) is 4.11. The van der Waals surface area contributed by atoms with Gasteiger partial charge in [-0.05, 0) is 17.3 Å². The molecule has 0 saturated heterocycles. The lowest BCUT2D eigenvalue weighted by atomic mass is 10.1. The van der Waals surface area contributed by atoms with E-state index >= 15 is 0 Å². The van der Waals surface area contributed by atoms with Crippen LogP contribution in [-0.2, 0) is 0 Å². The summed E-state index contributed by atoms with van der Waals surface area (Å²) in [5.41, 5.74) is 3.16. The highest BCUT2D eigenvalue weighted by atomic mass is 16.6. The SMILES string of the molecule is O=[N+]([O-])c1cccc(-c2ccc(/C=N/Nc3nn[nH]n3)o2)c1. The predicted octanol–water partition coefficient (Wildman–Crippen LogP) is 1.81. The van der Waals surface area contributed by atoms with E-state index in [2.05, 4.69) is 31.2 Å². The predicted molar refractivity (Wildman–Crippen MR) is 76.2 cm³/mol. The molecule has 2 aromatic heterocycles. The normalized spacial score (nSPS) is 10.9. The van der Waals surface area contributed by atoms with Gasteiger partial charge < -0.3 is 4.42 Å². The molecule has 0 saturated carbocycles. The first kappa shape index (κ1) is 13.4. The molecule has 0 aliphatic heterocycles. The lowest BCUT2D eigenvalue weighted by molar-refractivity contribution is -0.384. The third-order valence-electron chi connectivity index (χ3n) is 2.67. The number of H-pyrrole nitrogens is 1. The summed E-state index contributed by atoms with van der Waals surface area (Å²) in [7, 11) is 0. The fourth-order valence-corrected chi connectivity index (χ4v) is 1.71. The maximum absolute atomic E-state index is 10.8. The van der Waals surface area contributed by atoms with Crippen LogP contribution in [0.3, 0.4) is 0 Å². The lowest BCUT2D eigenvalue weighted by Crippen LogP contribution is -1.91. The monoisotopic (exact) mass is 299 g/mol. The highest BCUT2D eigenvalue weighted by Gasteiger charge is 2.09. The van der Waals surface area contributed by atoms with Crippen molar-refractivity contribution in [3.05, 3.63) is 52.3 Å². The number of rotatable bonds is 5. The molecule has 0 radical (unpaired) electrons. The van der Waals surface area contributed by atoms with Crippen molar-refractivity contribution in [2.75, 3.05) is 5.43 Å². The van der Waals surface area contributed by atoms with Gasteiger partial charge in [0.05, 0.1) is 11.1 Å². The quantitative estimate of drug-likeness (QED) is 0.416. The Hall–Kier alpha value is -3.56. The van der Waals surface area contributed by atoms with E-state index in [1.165, 1.54) is 18.3 Å². The number of nitrogens with one attached hydrogen (secondary N) is 2. The Bertz CT molecular complexity index is 810. The second kappa shape index (κ2) is 5.83. The van der Waals surface area contributed by atoms with Gasteiger partial charge in [-0.25, -0.2) is 5.43 Å². The molecule has 0 amide bonds. The van der Waals surface area contributed by atoms with Gasteiger partial charge in [0.15, 0.2) is 0 Å². The average Bonchev–Trinajstić information content (AvgIpc) is 3.19. The van der Waals surface area contributed by atoms with Crippen molar-refractivity contribution >= 4 is 17.9 Å². The van der Waals surface area contributed by atoms with Gasteiger partial charge in [-0.2, -0.15) is 10.3 Å². The van der Waals surface area contributed by atoms with Gasteiger partial charge in [0.25, 0.3) is 11.6 Å². The van der Waals surface area contributed by atoms with E-state index in [0.29, 0.717) is 17.1 Å². The summed E-state index contributed by atoms with van der Waals surface area (Å²) >= 11 is 0. The number of anilines is 1. The Labute approximate surface area is 123 Å². The summed E-state index contributed by atoms with van der Waals surface area (Å²) in [6, 6.07) is 9.58. The molecule has 2 N–H and O–H groups in total. The van der Waals surface area contributed by atoms with E-state index in [0.717, 1.165) is 0 Å². The molecule has 3 aromatic rings. The molecular weight excluding hydrogens is 290 g/mol. The minimum atomic E-state index is -0.455. The van der Waals surface area contributed by atoms with E-state index in [9.17, 15) is 10.1 Å². The third kappa shape index (κ3) is 2.95. The van der Waals surface area contributed by atoms with Crippen LogP contribution < -0.4 is 5.43 Å². The van der Waals surface area contributed by atoms with Gasteiger partial charge in [0.1, 0.15) is 11.5 Å². The zero-order valence-electron chi connectivity index (χ0n) is 11.0. The van der Waals surface area contributed by atoms with Crippen LogP contribution in [0.1, 0.15) is 5.76 Å². The van der Waals surface area contributed by atoms with Crippen LogP contribution in [0, 0.1) is 10.1 Å². The van der Waals surface area contributed by atoms with Crippen molar-refractivity contribution in [1.29, 1.82) is 0 Å². The van der Waals surface area contributed by atoms with Crippen molar-refractivity contribution in [1.82, 2.24) is 20.6 Å². The molecule has 0 bridgehead atoms. The van der Waals surface area contributed by atoms with Crippen molar-refractivity contribution in [2.24, 2.45) is 5.10 Å². The first-order valence-corrected chi connectivity index (χ1v) is 6.09. The van der Waals surface area contributed by atoms with E-state index in [1.54, 1.807) is 24.3 Å². The average molecular weight is 299 g/mol. The van der Waals surface area contributed by atoms with Crippen LogP contribution in [0.5, 0.6) is 0 Å². The minimum absolute atomic E-state index is 0.00268. The molecule has 110 valence electrons. The third-order valence-corrected chi connectivity index (χ3v) is 2.67. The van der Waals surface area contributed by atoms with Gasteiger partial charge in [-0.3, -0.25) is 10.1 Å². The molecule has 10 nitrogen and oxygen atoms in total. The first-order valence-electron chi connectivity index (χ1n) is 6.09. The van der Waals surface area contributed by atoms with E-state index in [4.69, 9.17) is 4.42 Å². The molecule has 22 heavy (non-hydrogen) atoms. The summed E-state index contributed by atoms with van der Waals surface area (Å²) in [5, 5.41) is 27.6. The minimum Gasteiger partial charge on any atom is -0.455 e. The number of hydrogen-bond acceptors (Lipinski definition) is 8. The number of aromatic amines is 1. The molecule has 0 atom stereocenters. The van der Waals surface area contributed by atoms with Gasteiger partial charge >= 0.3 is 0 Å². The maximum Gasteiger partial charge on any atom is 0.283 e. The Balaban J connectivity index is 1.74. The zero-order chi connectivity index (χ0) is 15.4. The number of furan rings is 1. The second-order valence-electron chi connectivity index (χ2n) is 4.11. The van der Waals surface area contributed by atoms with Gasteiger partial charge in [0.2, 0.25) is 0 Å². The molecule has 0 unspecified atom stereocenters. The smallest absolute Gasteiger partial charge is 0.283 e. The molecule has 0 fully saturated rings. The zero-order valence-corrected chi connectivity index (χ0v) is 11.0. The van der Waals surface area contributed by atoms with E-state index in [-0.39, 0.29) is 11.6 Å². The van der Waals surface area contributed by atoms with Gasteiger partial charge in [0, 0.05) is 17.7 Å². The molecule has 2 heterocycles. The van der Waals surface area contributed by atoms with Crippen LogP contribution in [0.15, 0.2) is 45.9 Å². The fourth-order valence-electron chi connectivity index (χ4n) is 1.71. The number of non-ortho nitro benzene ring substituents is 1. The Morgan fingerprint density at radius 2 is 2.27 bits per heavy atom. The number of benzene rings is 1. The molecule has 0 spiro atoms. The molecule has 10 heteroatoms. The van der Waals surface area contributed by atoms with Crippen molar-refractivity contribution in [3.63, 3.8) is 0 Å². The van der Waals surface area contributed by atoms with Crippen LogP contribution in [-0.4, -0.2) is 31.8 Å². The topological polar surface area (TPSA) is 135 Å². The van der Waals surface area contributed by atoms with Crippen LogP contribution in [0.25, 0.3) is 11.3 Å². The van der Waals surface area contributed by atoms with Gasteiger partial charge in [-0.1, -0.05) is 17.2 Å². The maximum atomic E-state index is 10.8. The van der Waals surface area contributed by atoms with Crippen molar-refractivity contribution in [3.8, 4) is 11.3 Å². The summed E-state index contributed by atoms with van der Waals surface area (Å²) in [6.45, 7) is 0. The van der Waals surface area contributed by atoms with Crippen molar-refractivity contribution in [2.45, 2.75) is 0 Å². The highest BCUT2D eigenvalue weighted by molar-refractivity contribution is 5.78. The van der Waals surface area contributed by atoms with Crippen LogP contribution in [0.2, 0.25) is 0 Å². The largest absolute Gasteiger partial charge is 0.455 e. The molecule has 1 aromatic carbocycles. The number of hydrazone groups is 1. The first-order chi connectivity index (χ1) is 10.7. The van der Waals surface area contributed by atoms with E-state index < -0.39 is 4.92 Å². The Morgan fingerprint density at radius 1 is 1.36 bits per heavy atom. The summed E-state index contributed by atoms with van der Waals surface area (Å²) in [5.74, 6) is 1.20. The van der Waals surface area contributed by atoms with Gasteiger partial charge in [-0.15, -0.1) is 5.10 Å². The summed E-state index contributed by atoms with van der Waals surface area (Å²) < 4.78 is 5.55. The molecular formula is C12H9N7O3. The fraction of sp³-hybridized carbons (Fsp3) is 0. The number of tetrazole rings is 1. The standard InChI is InChI=1S/C12H9N7O3/c20-19(21)9-3-1-2-8(6-9)11-5-4-10(22-11)7-13-14-12-15-17-18-16-12/h1-7H,(H2,14,15,16,17,18)/b13-7+.